The van der Waals surface area contributed by atoms with Gasteiger partial charge in [-0.1, -0.05) is 23.2 Å². The zero-order valence-corrected chi connectivity index (χ0v) is 11.1. The van der Waals surface area contributed by atoms with Crippen LogP contribution >= 0.6 is 58.7 Å². The minimum Gasteiger partial charge on any atom is -0.207 e. The average Bonchev–Trinajstić information content (AvgIpc) is 1.83. The number of rotatable bonds is 1. The fourth-order valence-electron chi connectivity index (χ4n) is 0.673. The summed E-state index contributed by atoms with van der Waals surface area (Å²) in [6.45, 7) is 0. The lowest BCUT2D eigenvalue weighted by atomic mass is 10.4. The third kappa shape index (κ3) is 4.43. The molecular formula is C6H5Cl5O2S. The number of hydrogen-bond donors (Lipinski definition) is 0. The quantitative estimate of drug-likeness (QED) is 0.739. The van der Waals surface area contributed by atoms with Crippen LogP contribution in [0, 0.1) is 0 Å². The highest BCUT2D eigenvalue weighted by atomic mass is 35.7. The molecule has 0 aliphatic heterocycles. The lowest BCUT2D eigenvalue weighted by molar-refractivity contribution is 0.609. The van der Waals surface area contributed by atoms with E-state index in [1.165, 1.54) is 18.2 Å². The molecule has 0 aliphatic carbocycles. The molecule has 0 saturated heterocycles. The Morgan fingerprint density at radius 1 is 1.07 bits per heavy atom. The molecule has 0 unspecified atom stereocenters. The molecule has 0 aromatic heterocycles. The fraction of sp³-hybridized carbons (Fsp3) is 0. The van der Waals surface area contributed by atoms with Crippen LogP contribution in [0.1, 0.15) is 0 Å². The molecule has 8 heteroatoms. The predicted octanol–water partition coefficient (Wildman–Crippen LogP) is 3.76. The largest absolute Gasteiger partial charge is 0.262 e. The number of halogens is 5. The van der Waals surface area contributed by atoms with Crippen molar-refractivity contribution in [3.63, 3.8) is 0 Å². The predicted molar refractivity (Wildman–Crippen MR) is 64.0 cm³/mol. The van der Waals surface area contributed by atoms with Crippen LogP contribution in [0.4, 0.5) is 0 Å². The van der Waals surface area contributed by atoms with Gasteiger partial charge in [-0.25, -0.2) is 8.42 Å². The van der Waals surface area contributed by atoms with Crippen LogP contribution < -0.4 is 0 Å². The van der Waals surface area contributed by atoms with E-state index in [9.17, 15) is 8.42 Å². The third-order valence-electron chi connectivity index (χ3n) is 1.16. The van der Waals surface area contributed by atoms with Crippen molar-refractivity contribution in [3.8, 4) is 0 Å². The Bertz CT molecular complexity index is 403. The van der Waals surface area contributed by atoms with Gasteiger partial charge in [-0.05, 0) is 18.2 Å². The van der Waals surface area contributed by atoms with Gasteiger partial charge in [-0.2, -0.15) is 0 Å². The molecule has 0 amide bonds. The monoisotopic (exact) mass is 316 g/mol. The van der Waals surface area contributed by atoms with Gasteiger partial charge in [0.1, 0.15) is 4.90 Å². The molecule has 0 spiro atoms. The van der Waals surface area contributed by atoms with Gasteiger partial charge in [0, 0.05) is 15.7 Å². The first-order valence-corrected chi connectivity index (χ1v) is 5.87. The Kier molecular flexibility index (Phi) is 7.61. The van der Waals surface area contributed by atoms with E-state index in [0.29, 0.717) is 5.02 Å². The average molecular weight is 318 g/mol. The molecule has 0 N–H and O–H groups in total. The summed E-state index contributed by atoms with van der Waals surface area (Å²) in [7, 11) is 1.29. The fourth-order valence-corrected chi connectivity index (χ4v) is 2.43. The first kappa shape index (κ1) is 17.0. The summed E-state index contributed by atoms with van der Waals surface area (Å²) in [5.74, 6) is 0. The molecule has 0 saturated carbocycles. The summed E-state index contributed by atoms with van der Waals surface area (Å²) >= 11 is 11.1. The molecule has 2 nitrogen and oxygen atoms in total. The van der Waals surface area contributed by atoms with Gasteiger partial charge in [0.05, 0.1) is 5.02 Å². The van der Waals surface area contributed by atoms with Crippen molar-refractivity contribution in [1.82, 2.24) is 0 Å². The molecule has 1 aromatic rings. The number of benzene rings is 1. The van der Waals surface area contributed by atoms with Crippen molar-refractivity contribution >= 4 is 67.7 Å². The molecule has 14 heavy (non-hydrogen) atoms. The van der Waals surface area contributed by atoms with Crippen molar-refractivity contribution in [3.05, 3.63) is 28.2 Å². The molecule has 0 atom stereocenters. The highest BCUT2D eigenvalue weighted by Gasteiger charge is 2.13. The molecule has 0 bridgehead atoms. The van der Waals surface area contributed by atoms with E-state index in [1.807, 2.05) is 0 Å². The first-order chi connectivity index (χ1) is 5.41. The topological polar surface area (TPSA) is 34.1 Å². The lowest BCUT2D eigenvalue weighted by Gasteiger charge is -1.98. The SMILES string of the molecule is Cl.Cl.O=S(=O)(Cl)c1ccc(Cl)cc1Cl. The van der Waals surface area contributed by atoms with Crippen molar-refractivity contribution < 1.29 is 8.42 Å². The van der Waals surface area contributed by atoms with Crippen LogP contribution in [-0.4, -0.2) is 8.42 Å². The van der Waals surface area contributed by atoms with E-state index in [4.69, 9.17) is 33.9 Å². The molecule has 82 valence electrons. The highest BCUT2D eigenvalue weighted by Crippen LogP contribution is 2.27. The van der Waals surface area contributed by atoms with E-state index in [1.54, 1.807) is 0 Å². The lowest BCUT2D eigenvalue weighted by Crippen LogP contribution is -1.90. The van der Waals surface area contributed by atoms with Crippen molar-refractivity contribution in [2.24, 2.45) is 0 Å². The molecular weight excluding hydrogens is 313 g/mol. The van der Waals surface area contributed by atoms with Gasteiger partial charge in [-0.3, -0.25) is 0 Å². The van der Waals surface area contributed by atoms with E-state index in [-0.39, 0.29) is 34.7 Å². The zero-order chi connectivity index (χ0) is 9.35. The minimum absolute atomic E-state index is 0. The summed E-state index contributed by atoms with van der Waals surface area (Å²) in [4.78, 5) is -0.129. The third-order valence-corrected chi connectivity index (χ3v) is 3.20. The first-order valence-electron chi connectivity index (χ1n) is 2.81. The number of hydrogen-bond acceptors (Lipinski definition) is 2. The normalized spacial score (nSPS) is 9.93. The molecule has 0 heterocycles. The summed E-state index contributed by atoms with van der Waals surface area (Å²) in [5, 5.41) is 0.390. The van der Waals surface area contributed by atoms with Gasteiger partial charge in [-0.15, -0.1) is 24.8 Å². The van der Waals surface area contributed by atoms with Gasteiger partial charge < -0.3 is 0 Å². The smallest absolute Gasteiger partial charge is 0.207 e. The maximum Gasteiger partial charge on any atom is 0.262 e. The van der Waals surface area contributed by atoms with Gasteiger partial charge >= 0.3 is 0 Å². The van der Waals surface area contributed by atoms with Crippen LogP contribution in [-0.2, 0) is 9.05 Å². The molecule has 1 aromatic carbocycles. The molecule has 0 aliphatic rings. The van der Waals surface area contributed by atoms with Crippen LogP contribution in [0.2, 0.25) is 10.0 Å². The van der Waals surface area contributed by atoms with Crippen LogP contribution in [0.3, 0.4) is 0 Å². The van der Waals surface area contributed by atoms with Crippen molar-refractivity contribution in [1.29, 1.82) is 0 Å². The second kappa shape index (κ2) is 6.26. The van der Waals surface area contributed by atoms with Gasteiger partial charge in [0.2, 0.25) is 0 Å². The van der Waals surface area contributed by atoms with E-state index >= 15 is 0 Å². The van der Waals surface area contributed by atoms with Crippen molar-refractivity contribution in [2.45, 2.75) is 4.90 Å². The maximum atomic E-state index is 10.8. The zero-order valence-electron chi connectivity index (χ0n) is 6.41. The summed E-state index contributed by atoms with van der Waals surface area (Å²) < 4.78 is 21.6. The van der Waals surface area contributed by atoms with Gasteiger partial charge in [0.25, 0.3) is 9.05 Å². The highest BCUT2D eigenvalue weighted by molar-refractivity contribution is 8.13. The maximum absolute atomic E-state index is 10.8. The van der Waals surface area contributed by atoms with Crippen LogP contribution in [0.15, 0.2) is 23.1 Å². The Morgan fingerprint density at radius 2 is 1.57 bits per heavy atom. The molecule has 1 rings (SSSR count). The standard InChI is InChI=1S/C6H3Cl3O2S.2ClH/c7-4-1-2-6(5(8)3-4)12(9,10)11;;/h1-3H;2*1H. The Morgan fingerprint density at radius 3 is 1.93 bits per heavy atom. The van der Waals surface area contributed by atoms with E-state index < -0.39 is 9.05 Å². The minimum atomic E-state index is -3.77. The molecule has 0 fully saturated rings. The molecule has 0 radical (unpaired) electrons. The Balaban J connectivity index is 0. The second-order valence-electron chi connectivity index (χ2n) is 2.01. The van der Waals surface area contributed by atoms with Crippen LogP contribution in [0.25, 0.3) is 0 Å². The Labute approximate surface area is 109 Å². The van der Waals surface area contributed by atoms with Gasteiger partial charge in [0.15, 0.2) is 0 Å². The summed E-state index contributed by atoms with van der Waals surface area (Å²) in [6.07, 6.45) is 0. The second-order valence-corrected chi connectivity index (χ2v) is 5.39. The van der Waals surface area contributed by atoms with E-state index in [2.05, 4.69) is 0 Å². The van der Waals surface area contributed by atoms with Crippen molar-refractivity contribution in [2.75, 3.05) is 0 Å². The van der Waals surface area contributed by atoms with E-state index in [0.717, 1.165) is 0 Å². The Hall–Kier alpha value is 0.620. The summed E-state index contributed by atoms with van der Waals surface area (Å²) in [6, 6.07) is 3.98. The summed E-state index contributed by atoms with van der Waals surface area (Å²) in [5.41, 5.74) is 0. The van der Waals surface area contributed by atoms with Crippen LogP contribution in [0.5, 0.6) is 0 Å².